The Morgan fingerprint density at radius 1 is 1.03 bits per heavy atom. The number of tetrazole rings is 1. The highest BCUT2D eigenvalue weighted by Gasteiger charge is 2.18. The fourth-order valence-electron chi connectivity index (χ4n) is 3.05. The molecule has 0 saturated carbocycles. The molecule has 0 unspecified atom stereocenters. The number of esters is 1. The lowest BCUT2D eigenvalue weighted by Gasteiger charge is -2.10. The number of nitrogens with one attached hydrogen (secondary N) is 1. The summed E-state index contributed by atoms with van der Waals surface area (Å²) in [5.74, 6) is -0.529. The first-order chi connectivity index (χ1) is 15.4. The highest BCUT2D eigenvalue weighted by Crippen LogP contribution is 2.16. The van der Waals surface area contributed by atoms with Gasteiger partial charge < -0.3 is 10.1 Å². The molecule has 1 amide bonds. The zero-order valence-corrected chi connectivity index (χ0v) is 17.6. The van der Waals surface area contributed by atoms with Crippen LogP contribution in [0.25, 0.3) is 11.6 Å². The van der Waals surface area contributed by atoms with Crippen molar-refractivity contribution in [1.29, 1.82) is 0 Å². The Bertz CT molecular complexity index is 1260. The maximum Gasteiger partial charge on any atom is 0.340 e. The van der Waals surface area contributed by atoms with E-state index in [0.29, 0.717) is 23.1 Å². The maximum absolute atomic E-state index is 12.6. The van der Waals surface area contributed by atoms with Crippen LogP contribution in [0.3, 0.4) is 0 Å². The predicted molar refractivity (Wildman–Crippen MR) is 111 cm³/mol. The monoisotopic (exact) mass is 433 g/mol. The number of aryl methyl sites for hydroxylation is 3. The van der Waals surface area contributed by atoms with Gasteiger partial charge in [-0.2, -0.15) is 14.5 Å². The number of rotatable bonds is 6. The molecule has 3 aromatic heterocycles. The van der Waals surface area contributed by atoms with Crippen LogP contribution in [0.2, 0.25) is 0 Å². The molecule has 4 rings (SSSR count). The number of benzene rings is 1. The van der Waals surface area contributed by atoms with Crippen LogP contribution in [0.4, 0.5) is 5.82 Å². The number of aromatic nitrogens is 8. The maximum atomic E-state index is 12.6. The molecule has 0 bridgehead atoms. The SMILES string of the molecule is Cc1cc(C)nc(-n2nc(C)cc2NC(=O)COC(=O)c2ccccc2-n2cnnn2)n1. The van der Waals surface area contributed by atoms with Crippen molar-refractivity contribution in [2.45, 2.75) is 20.8 Å². The molecule has 0 fully saturated rings. The molecule has 162 valence electrons. The molecule has 12 nitrogen and oxygen atoms in total. The summed E-state index contributed by atoms with van der Waals surface area (Å²) >= 11 is 0. The zero-order valence-electron chi connectivity index (χ0n) is 17.6. The van der Waals surface area contributed by atoms with Crippen LogP contribution in [0.15, 0.2) is 42.7 Å². The van der Waals surface area contributed by atoms with Gasteiger partial charge in [0.15, 0.2) is 6.61 Å². The van der Waals surface area contributed by atoms with Gasteiger partial charge >= 0.3 is 5.97 Å². The zero-order chi connectivity index (χ0) is 22.7. The number of para-hydroxylation sites is 1. The number of nitrogens with zero attached hydrogens (tertiary/aromatic N) is 8. The molecule has 0 spiro atoms. The number of anilines is 1. The van der Waals surface area contributed by atoms with Crippen molar-refractivity contribution < 1.29 is 14.3 Å². The number of hydrogen-bond acceptors (Lipinski definition) is 9. The predicted octanol–water partition coefficient (Wildman–Crippen LogP) is 1.36. The van der Waals surface area contributed by atoms with Gasteiger partial charge in [0.25, 0.3) is 11.9 Å². The minimum Gasteiger partial charge on any atom is -0.452 e. The van der Waals surface area contributed by atoms with Crippen molar-refractivity contribution in [1.82, 2.24) is 40.0 Å². The number of ether oxygens (including phenoxy) is 1. The van der Waals surface area contributed by atoms with Gasteiger partial charge in [-0.25, -0.2) is 14.8 Å². The normalized spacial score (nSPS) is 10.7. The largest absolute Gasteiger partial charge is 0.452 e. The Balaban J connectivity index is 1.46. The van der Waals surface area contributed by atoms with Crippen molar-refractivity contribution >= 4 is 17.7 Å². The van der Waals surface area contributed by atoms with E-state index in [-0.39, 0.29) is 5.56 Å². The van der Waals surface area contributed by atoms with E-state index >= 15 is 0 Å². The van der Waals surface area contributed by atoms with E-state index in [1.165, 1.54) is 15.7 Å². The number of amides is 1. The number of carbonyl (C=O) groups is 2. The van der Waals surface area contributed by atoms with E-state index in [2.05, 4.69) is 35.9 Å². The average molecular weight is 433 g/mol. The molecule has 0 aliphatic rings. The molecule has 12 heteroatoms. The Kier molecular flexibility index (Phi) is 5.66. The van der Waals surface area contributed by atoms with Crippen LogP contribution in [0, 0.1) is 20.8 Å². The van der Waals surface area contributed by atoms with Crippen molar-refractivity contribution in [2.75, 3.05) is 11.9 Å². The first-order valence-corrected chi connectivity index (χ1v) is 9.59. The Morgan fingerprint density at radius 2 is 1.78 bits per heavy atom. The molecule has 0 atom stereocenters. The van der Waals surface area contributed by atoms with Gasteiger partial charge in [0, 0.05) is 17.5 Å². The van der Waals surface area contributed by atoms with E-state index in [0.717, 1.165) is 11.4 Å². The smallest absolute Gasteiger partial charge is 0.340 e. The van der Waals surface area contributed by atoms with Gasteiger partial charge in [-0.1, -0.05) is 12.1 Å². The summed E-state index contributed by atoms with van der Waals surface area (Å²) in [7, 11) is 0. The Labute approximate surface area is 182 Å². The van der Waals surface area contributed by atoms with E-state index in [4.69, 9.17) is 4.74 Å². The van der Waals surface area contributed by atoms with Gasteiger partial charge in [0.05, 0.1) is 16.9 Å². The second-order valence-electron chi connectivity index (χ2n) is 6.93. The molecule has 0 aliphatic carbocycles. The standard InChI is InChI=1S/C20H19N9O3/c1-12-8-13(2)23-20(22-12)29-17(9-14(3)25-29)24-18(30)10-32-19(31)15-6-4-5-7-16(15)28-11-21-26-27-28/h4-9,11H,10H2,1-3H3,(H,24,30). The lowest BCUT2D eigenvalue weighted by molar-refractivity contribution is -0.119. The second-order valence-corrected chi connectivity index (χ2v) is 6.93. The van der Waals surface area contributed by atoms with Crippen LogP contribution in [0.1, 0.15) is 27.4 Å². The van der Waals surface area contributed by atoms with Gasteiger partial charge in [-0.05, 0) is 49.4 Å². The summed E-state index contributed by atoms with van der Waals surface area (Å²) in [4.78, 5) is 33.8. The number of carbonyl (C=O) groups excluding carboxylic acids is 2. The molecule has 3 heterocycles. The number of hydrogen-bond donors (Lipinski definition) is 1. The molecule has 0 aliphatic heterocycles. The quantitative estimate of drug-likeness (QED) is 0.446. The van der Waals surface area contributed by atoms with Crippen LogP contribution < -0.4 is 5.32 Å². The van der Waals surface area contributed by atoms with Crippen LogP contribution >= 0.6 is 0 Å². The molecule has 4 aromatic rings. The fourth-order valence-corrected chi connectivity index (χ4v) is 3.05. The van der Waals surface area contributed by atoms with Gasteiger partial charge in [0.2, 0.25) is 0 Å². The van der Waals surface area contributed by atoms with Crippen LogP contribution in [0.5, 0.6) is 0 Å². The summed E-state index contributed by atoms with van der Waals surface area (Å²) in [5, 5.41) is 17.9. The molecule has 1 aromatic carbocycles. The first kappa shape index (κ1) is 20.8. The molecular formula is C20H19N9O3. The average Bonchev–Trinajstić information content (AvgIpc) is 3.41. The van der Waals surface area contributed by atoms with E-state index < -0.39 is 18.5 Å². The third kappa shape index (κ3) is 4.48. The topological polar surface area (TPSA) is 143 Å². The van der Waals surface area contributed by atoms with E-state index in [1.807, 2.05) is 19.9 Å². The van der Waals surface area contributed by atoms with Gasteiger partial charge in [-0.3, -0.25) is 4.79 Å². The lowest BCUT2D eigenvalue weighted by atomic mass is 10.2. The van der Waals surface area contributed by atoms with Gasteiger partial charge in [-0.15, -0.1) is 5.10 Å². The van der Waals surface area contributed by atoms with Crippen molar-refractivity contribution in [3.05, 3.63) is 65.4 Å². The second kappa shape index (κ2) is 8.71. The summed E-state index contributed by atoms with van der Waals surface area (Å²) in [6.07, 6.45) is 1.36. The fraction of sp³-hybridized carbons (Fsp3) is 0.200. The molecule has 0 radical (unpaired) electrons. The third-order valence-electron chi connectivity index (χ3n) is 4.31. The summed E-state index contributed by atoms with van der Waals surface area (Å²) < 4.78 is 7.97. The van der Waals surface area contributed by atoms with Crippen molar-refractivity contribution in [3.8, 4) is 11.6 Å². The van der Waals surface area contributed by atoms with Crippen molar-refractivity contribution in [2.24, 2.45) is 0 Å². The molecular weight excluding hydrogens is 414 g/mol. The minimum atomic E-state index is -0.686. The highest BCUT2D eigenvalue weighted by atomic mass is 16.5. The summed E-state index contributed by atoms with van der Waals surface area (Å²) in [5.41, 5.74) is 2.86. The summed E-state index contributed by atoms with van der Waals surface area (Å²) in [6, 6.07) is 10.2. The Hall–Kier alpha value is -4.48. The van der Waals surface area contributed by atoms with Crippen LogP contribution in [-0.4, -0.2) is 58.4 Å². The minimum absolute atomic E-state index is 0.220. The highest BCUT2D eigenvalue weighted by molar-refractivity contribution is 5.97. The molecule has 0 saturated heterocycles. The molecule has 32 heavy (non-hydrogen) atoms. The van der Waals surface area contributed by atoms with Crippen molar-refractivity contribution in [3.63, 3.8) is 0 Å². The third-order valence-corrected chi connectivity index (χ3v) is 4.31. The van der Waals surface area contributed by atoms with E-state index in [1.54, 1.807) is 37.3 Å². The van der Waals surface area contributed by atoms with Crippen LogP contribution in [-0.2, 0) is 9.53 Å². The molecule has 1 N–H and O–H groups in total. The Morgan fingerprint density at radius 3 is 2.50 bits per heavy atom. The lowest BCUT2D eigenvalue weighted by Crippen LogP contribution is -2.23. The van der Waals surface area contributed by atoms with Gasteiger partial charge in [0.1, 0.15) is 12.1 Å². The summed E-state index contributed by atoms with van der Waals surface area (Å²) in [6.45, 7) is 4.98. The first-order valence-electron chi connectivity index (χ1n) is 9.59. The van der Waals surface area contributed by atoms with E-state index in [9.17, 15) is 9.59 Å².